The van der Waals surface area contributed by atoms with Crippen molar-refractivity contribution in [1.29, 1.82) is 0 Å². The zero-order valence-corrected chi connectivity index (χ0v) is 18.3. The summed E-state index contributed by atoms with van der Waals surface area (Å²) < 4.78 is 35.1. The van der Waals surface area contributed by atoms with Gasteiger partial charge in [-0.1, -0.05) is 17.7 Å². The molecular formula is C22H20ClF2N3O5. The van der Waals surface area contributed by atoms with Crippen LogP contribution in [-0.2, 0) is 11.3 Å². The van der Waals surface area contributed by atoms with Gasteiger partial charge in [-0.05, 0) is 32.3 Å². The Morgan fingerprint density at radius 1 is 1.36 bits per heavy atom. The second kappa shape index (κ2) is 7.53. The highest BCUT2D eigenvalue weighted by Crippen LogP contribution is 2.52. The number of halogens is 3. The number of ether oxygens (including phenoxy) is 1. The number of nitrogens with zero attached hydrogens (tertiary/aromatic N) is 2. The summed E-state index contributed by atoms with van der Waals surface area (Å²) in [4.78, 5) is 40.3. The van der Waals surface area contributed by atoms with Crippen molar-refractivity contribution in [2.75, 3.05) is 6.54 Å². The molecule has 33 heavy (non-hydrogen) atoms. The first-order valence-corrected chi connectivity index (χ1v) is 10.9. The minimum absolute atomic E-state index is 0.0778. The number of carbonyl (C=O) groups excluding carboxylic acids is 2. The molecule has 174 valence electrons. The average molecular weight is 480 g/mol. The minimum atomic E-state index is -1.02. The fraction of sp³-hybridized carbons (Fsp3) is 0.409. The van der Waals surface area contributed by atoms with Gasteiger partial charge >= 0.3 is 0 Å². The van der Waals surface area contributed by atoms with Gasteiger partial charge in [-0.15, -0.1) is 0 Å². The summed E-state index contributed by atoms with van der Waals surface area (Å²) in [6.07, 6.45) is 3.04. The predicted molar refractivity (Wildman–Crippen MR) is 112 cm³/mol. The molecule has 3 atom stereocenters. The molecule has 1 saturated heterocycles. The van der Waals surface area contributed by atoms with Gasteiger partial charge in [-0.2, -0.15) is 0 Å². The number of aromatic hydroxyl groups is 1. The molecule has 0 radical (unpaired) electrons. The third kappa shape index (κ3) is 3.07. The van der Waals surface area contributed by atoms with Crippen molar-refractivity contribution >= 4 is 23.4 Å². The lowest BCUT2D eigenvalue weighted by Crippen LogP contribution is -2.56. The molecule has 0 bridgehead atoms. The highest BCUT2D eigenvalue weighted by molar-refractivity contribution is 6.30. The lowest BCUT2D eigenvalue weighted by molar-refractivity contribution is -0.116. The van der Waals surface area contributed by atoms with E-state index in [1.165, 1.54) is 10.8 Å². The van der Waals surface area contributed by atoms with Crippen LogP contribution in [-0.4, -0.2) is 44.8 Å². The monoisotopic (exact) mass is 479 g/mol. The Kier molecular flexibility index (Phi) is 4.98. The Bertz CT molecular complexity index is 1270. The molecule has 3 aliphatic rings. The Morgan fingerprint density at radius 3 is 2.88 bits per heavy atom. The minimum Gasteiger partial charge on any atom is -0.503 e. The van der Waals surface area contributed by atoms with Gasteiger partial charge in [0.25, 0.3) is 11.8 Å². The van der Waals surface area contributed by atoms with E-state index in [-0.39, 0.29) is 29.9 Å². The Balaban J connectivity index is 1.51. The second-order valence-electron chi connectivity index (χ2n) is 8.59. The van der Waals surface area contributed by atoms with Crippen LogP contribution in [0.15, 0.2) is 23.1 Å². The van der Waals surface area contributed by atoms with Crippen molar-refractivity contribution in [1.82, 2.24) is 14.8 Å². The number of amides is 2. The van der Waals surface area contributed by atoms with E-state index < -0.39 is 50.9 Å². The fourth-order valence-electron chi connectivity index (χ4n) is 5.21. The number of pyridine rings is 1. The molecule has 2 N–H and O–H groups in total. The van der Waals surface area contributed by atoms with Crippen molar-refractivity contribution in [2.45, 2.75) is 50.6 Å². The number of hydrogen-bond donors (Lipinski definition) is 2. The van der Waals surface area contributed by atoms with Crippen LogP contribution in [0.4, 0.5) is 8.78 Å². The van der Waals surface area contributed by atoms with Crippen LogP contribution in [0.2, 0.25) is 5.02 Å². The van der Waals surface area contributed by atoms with E-state index in [1.54, 1.807) is 4.90 Å². The first kappa shape index (κ1) is 21.8. The number of fused-ring (bicyclic) bond motifs is 2. The number of hydrogen-bond acceptors (Lipinski definition) is 5. The lowest BCUT2D eigenvalue weighted by Gasteiger charge is -2.44. The number of nitrogens with one attached hydrogen (secondary N) is 1. The molecule has 1 spiro atoms. The summed E-state index contributed by atoms with van der Waals surface area (Å²) in [5.74, 6) is -4.18. The molecule has 1 aromatic carbocycles. The standard InChI is InChI=1S/C22H20ClF2N3O5/c1-10-8-28-21(32)17-19(30)18(29)12(9-27(17)14-3-2-6-22(14,28)33-10)20(31)26-7-11-4-5-13(24)15(23)16(11)25/h4-5,9-10,14,30H,2-3,6-8H2,1H3,(H,26,31)/t10-,14-,22-/m0/s1. The smallest absolute Gasteiger partial charge is 0.276 e. The Labute approximate surface area is 191 Å². The molecule has 2 aliphatic heterocycles. The van der Waals surface area contributed by atoms with Gasteiger partial charge in [0.05, 0.1) is 12.1 Å². The van der Waals surface area contributed by atoms with Crippen LogP contribution in [0, 0.1) is 11.6 Å². The van der Waals surface area contributed by atoms with Crippen molar-refractivity contribution in [3.63, 3.8) is 0 Å². The van der Waals surface area contributed by atoms with Crippen molar-refractivity contribution in [2.24, 2.45) is 0 Å². The number of rotatable bonds is 3. The van der Waals surface area contributed by atoms with E-state index in [0.29, 0.717) is 19.4 Å². The first-order chi connectivity index (χ1) is 15.7. The summed E-state index contributed by atoms with van der Waals surface area (Å²) in [6.45, 7) is 1.83. The van der Waals surface area contributed by atoms with Gasteiger partial charge < -0.3 is 24.6 Å². The molecular weight excluding hydrogens is 460 g/mol. The fourth-order valence-corrected chi connectivity index (χ4v) is 5.39. The normalized spacial score (nSPS) is 25.6. The summed E-state index contributed by atoms with van der Waals surface area (Å²) >= 11 is 5.56. The molecule has 8 nitrogen and oxygen atoms in total. The van der Waals surface area contributed by atoms with E-state index in [0.717, 1.165) is 18.6 Å². The van der Waals surface area contributed by atoms with E-state index in [2.05, 4.69) is 5.32 Å². The Hall–Kier alpha value is -2.98. The van der Waals surface area contributed by atoms with Crippen LogP contribution in [0.5, 0.6) is 5.75 Å². The molecule has 1 aromatic heterocycles. The van der Waals surface area contributed by atoms with Gasteiger partial charge in [-0.25, -0.2) is 8.78 Å². The van der Waals surface area contributed by atoms with Crippen LogP contribution in [0.3, 0.4) is 0 Å². The Morgan fingerprint density at radius 2 is 2.12 bits per heavy atom. The highest BCUT2D eigenvalue weighted by atomic mass is 35.5. The van der Waals surface area contributed by atoms with Crippen molar-refractivity contribution < 1.29 is 28.2 Å². The second-order valence-corrected chi connectivity index (χ2v) is 8.97. The third-order valence-electron chi connectivity index (χ3n) is 6.63. The molecule has 11 heteroatoms. The van der Waals surface area contributed by atoms with Gasteiger partial charge in [0.2, 0.25) is 5.43 Å². The molecule has 2 amide bonds. The zero-order valence-electron chi connectivity index (χ0n) is 17.5. The molecule has 5 rings (SSSR count). The van der Waals surface area contributed by atoms with Gasteiger partial charge in [-0.3, -0.25) is 14.4 Å². The summed E-state index contributed by atoms with van der Waals surface area (Å²) in [7, 11) is 0. The van der Waals surface area contributed by atoms with Crippen LogP contribution in [0.25, 0.3) is 0 Å². The summed E-state index contributed by atoms with van der Waals surface area (Å²) in [5, 5.41) is 12.3. The molecule has 1 saturated carbocycles. The van der Waals surface area contributed by atoms with Gasteiger partial charge in [0, 0.05) is 24.8 Å². The zero-order chi connectivity index (χ0) is 23.7. The average Bonchev–Trinajstić information content (AvgIpc) is 3.35. The number of aromatic nitrogens is 1. The van der Waals surface area contributed by atoms with Crippen LogP contribution in [0.1, 0.15) is 58.6 Å². The van der Waals surface area contributed by atoms with E-state index in [9.17, 15) is 28.3 Å². The largest absolute Gasteiger partial charge is 0.503 e. The number of benzene rings is 1. The summed E-state index contributed by atoms with van der Waals surface area (Å²) in [5.41, 5.74) is -2.55. The van der Waals surface area contributed by atoms with E-state index in [4.69, 9.17) is 16.3 Å². The quantitative estimate of drug-likeness (QED) is 0.659. The first-order valence-electron chi connectivity index (χ1n) is 10.5. The SMILES string of the molecule is C[C@H]1CN2C(=O)c3c(O)c(=O)c(C(=O)NCc4ccc(F)c(Cl)c4F)cn3[C@H]3CCC[C@]32O1. The molecule has 1 aliphatic carbocycles. The molecule has 2 aromatic rings. The van der Waals surface area contributed by atoms with E-state index >= 15 is 0 Å². The van der Waals surface area contributed by atoms with Crippen LogP contribution < -0.4 is 10.7 Å². The third-order valence-corrected chi connectivity index (χ3v) is 6.97. The predicted octanol–water partition coefficient (Wildman–Crippen LogP) is 2.71. The van der Waals surface area contributed by atoms with E-state index in [1.807, 2.05) is 6.92 Å². The highest BCUT2D eigenvalue weighted by Gasteiger charge is 2.60. The lowest BCUT2D eigenvalue weighted by atomic mass is 9.99. The van der Waals surface area contributed by atoms with Crippen molar-refractivity contribution in [3.05, 3.63) is 62.0 Å². The van der Waals surface area contributed by atoms with Gasteiger partial charge in [0.1, 0.15) is 22.2 Å². The molecule has 2 fully saturated rings. The molecule has 3 heterocycles. The van der Waals surface area contributed by atoms with Crippen LogP contribution >= 0.6 is 11.6 Å². The maximum Gasteiger partial charge on any atom is 0.276 e. The number of carbonyl (C=O) groups is 2. The molecule has 0 unspecified atom stereocenters. The van der Waals surface area contributed by atoms with Gasteiger partial charge in [0.15, 0.2) is 17.2 Å². The maximum absolute atomic E-state index is 14.1. The summed E-state index contributed by atoms with van der Waals surface area (Å²) in [6, 6.07) is 1.72. The maximum atomic E-state index is 14.1. The van der Waals surface area contributed by atoms with Crippen molar-refractivity contribution in [3.8, 4) is 5.75 Å². The topological polar surface area (TPSA) is 101 Å².